The van der Waals surface area contributed by atoms with Crippen LogP contribution in [0, 0.1) is 0 Å². The predicted octanol–water partition coefficient (Wildman–Crippen LogP) is 0.503. The molecule has 46 valence electrons. The minimum atomic E-state index is 0.358. The van der Waals surface area contributed by atoms with Gasteiger partial charge in [0.15, 0.2) is 0 Å². The molecule has 2 heteroatoms. The first-order chi connectivity index (χ1) is 3.85. The molecule has 2 nitrogen and oxygen atoms in total. The zero-order valence-corrected chi connectivity index (χ0v) is 5.11. The molecule has 0 radical (unpaired) electrons. The van der Waals surface area contributed by atoms with Crippen LogP contribution in [-0.4, -0.2) is 12.5 Å². The Hall–Kier alpha value is -0.590. The van der Waals surface area contributed by atoms with Gasteiger partial charge in [-0.05, 0) is 6.42 Å². The lowest BCUT2D eigenvalue weighted by Gasteiger charge is -1.91. The molecule has 0 aromatic carbocycles. The maximum absolute atomic E-state index is 9.88. The van der Waals surface area contributed by atoms with Crippen molar-refractivity contribution in [1.82, 2.24) is 0 Å². The van der Waals surface area contributed by atoms with E-state index in [9.17, 15) is 4.79 Å². The number of hydrogen-bond donors (Lipinski definition) is 1. The van der Waals surface area contributed by atoms with Gasteiger partial charge in [-0.1, -0.05) is 13.3 Å². The Morgan fingerprint density at radius 3 is 2.50 bits per heavy atom. The number of hydrogen-bond acceptors (Lipinski definition) is 2. The molecule has 0 bridgehead atoms. The van der Waals surface area contributed by atoms with Crippen LogP contribution >= 0.6 is 0 Å². The normalized spacial score (nSPS) is 8.25. The zero-order chi connectivity index (χ0) is 6.41. The minimum Gasteiger partial charge on any atom is -0.326 e. The SMILES string of the molecule is CCCC(=C=O)CN. The van der Waals surface area contributed by atoms with Gasteiger partial charge in [0.25, 0.3) is 0 Å². The fraction of sp³-hybridized carbons (Fsp3) is 0.667. The first kappa shape index (κ1) is 7.41. The molecule has 0 saturated carbocycles. The van der Waals surface area contributed by atoms with Gasteiger partial charge >= 0.3 is 0 Å². The van der Waals surface area contributed by atoms with Crippen LogP contribution in [0.25, 0.3) is 0 Å². The lowest BCUT2D eigenvalue weighted by Crippen LogP contribution is -2.02. The Labute approximate surface area is 49.4 Å². The van der Waals surface area contributed by atoms with Gasteiger partial charge in [-0.25, -0.2) is 4.79 Å². The van der Waals surface area contributed by atoms with Gasteiger partial charge in [0.1, 0.15) is 5.94 Å². The maximum atomic E-state index is 9.88. The van der Waals surface area contributed by atoms with Crippen LogP contribution in [0.5, 0.6) is 0 Å². The fourth-order valence-corrected chi connectivity index (χ4v) is 0.497. The van der Waals surface area contributed by atoms with Crippen molar-refractivity contribution in [2.24, 2.45) is 5.73 Å². The molecule has 0 aliphatic heterocycles. The Morgan fingerprint density at radius 2 is 2.38 bits per heavy atom. The van der Waals surface area contributed by atoms with Crippen LogP contribution < -0.4 is 5.73 Å². The highest BCUT2D eigenvalue weighted by Crippen LogP contribution is 1.95. The molecule has 0 aromatic heterocycles. The molecule has 2 N–H and O–H groups in total. The number of rotatable bonds is 3. The van der Waals surface area contributed by atoms with Gasteiger partial charge < -0.3 is 5.73 Å². The summed E-state index contributed by atoms with van der Waals surface area (Å²) in [4.78, 5) is 9.88. The molecule has 0 saturated heterocycles. The Morgan fingerprint density at radius 1 is 1.75 bits per heavy atom. The van der Waals surface area contributed by atoms with E-state index < -0.39 is 0 Å². The summed E-state index contributed by atoms with van der Waals surface area (Å²) < 4.78 is 0. The van der Waals surface area contributed by atoms with E-state index in [1.807, 2.05) is 6.92 Å². The molecule has 0 rings (SSSR count). The molecule has 0 aliphatic carbocycles. The molecule has 0 aliphatic rings. The fourth-order valence-electron chi connectivity index (χ4n) is 0.497. The molecular formula is C6H11NO. The van der Waals surface area contributed by atoms with E-state index in [0.717, 1.165) is 12.8 Å². The van der Waals surface area contributed by atoms with Crippen molar-refractivity contribution >= 4 is 5.94 Å². The second-order valence-electron chi connectivity index (χ2n) is 1.66. The Kier molecular flexibility index (Phi) is 4.23. The lowest BCUT2D eigenvalue weighted by atomic mass is 10.2. The van der Waals surface area contributed by atoms with E-state index in [1.165, 1.54) is 0 Å². The van der Waals surface area contributed by atoms with Crippen LogP contribution in [0.15, 0.2) is 5.57 Å². The summed E-state index contributed by atoms with van der Waals surface area (Å²) >= 11 is 0. The van der Waals surface area contributed by atoms with Crippen molar-refractivity contribution in [2.75, 3.05) is 6.54 Å². The first-order valence-corrected chi connectivity index (χ1v) is 2.78. The predicted molar refractivity (Wildman–Crippen MR) is 33.2 cm³/mol. The van der Waals surface area contributed by atoms with E-state index in [1.54, 1.807) is 5.94 Å². The van der Waals surface area contributed by atoms with Crippen LogP contribution in [-0.2, 0) is 4.79 Å². The summed E-state index contributed by atoms with van der Waals surface area (Å²) in [6, 6.07) is 0. The van der Waals surface area contributed by atoms with Crippen LogP contribution in [0.3, 0.4) is 0 Å². The quantitative estimate of drug-likeness (QED) is 0.542. The van der Waals surface area contributed by atoms with Gasteiger partial charge in [-0.2, -0.15) is 0 Å². The van der Waals surface area contributed by atoms with E-state index in [4.69, 9.17) is 5.73 Å². The highest BCUT2D eigenvalue weighted by Gasteiger charge is 1.89. The van der Waals surface area contributed by atoms with Crippen molar-refractivity contribution in [3.63, 3.8) is 0 Å². The van der Waals surface area contributed by atoms with Crippen molar-refractivity contribution in [2.45, 2.75) is 19.8 Å². The average molecular weight is 113 g/mol. The highest BCUT2D eigenvalue weighted by atomic mass is 16.1. The zero-order valence-electron chi connectivity index (χ0n) is 5.11. The van der Waals surface area contributed by atoms with E-state index in [-0.39, 0.29) is 0 Å². The topological polar surface area (TPSA) is 43.1 Å². The third-order valence-corrected chi connectivity index (χ3v) is 0.943. The second kappa shape index (κ2) is 4.57. The van der Waals surface area contributed by atoms with Gasteiger partial charge in [0.05, 0.1) is 0 Å². The summed E-state index contributed by atoms with van der Waals surface area (Å²) in [5.74, 6) is 1.79. The van der Waals surface area contributed by atoms with Crippen LogP contribution in [0.2, 0.25) is 0 Å². The average Bonchev–Trinajstić information content (AvgIpc) is 1.83. The molecule has 0 heterocycles. The standard InChI is InChI=1S/C6H11NO/c1-2-3-6(4-7)5-8/h2-4,7H2,1H3. The largest absolute Gasteiger partial charge is 0.326 e. The van der Waals surface area contributed by atoms with Gasteiger partial charge in [-0.3, -0.25) is 0 Å². The molecular weight excluding hydrogens is 102 g/mol. The van der Waals surface area contributed by atoms with Gasteiger partial charge in [-0.15, -0.1) is 0 Å². The third kappa shape index (κ3) is 2.56. The smallest absolute Gasteiger partial charge is 0.124 e. The molecule has 0 aromatic rings. The van der Waals surface area contributed by atoms with E-state index in [0.29, 0.717) is 12.1 Å². The monoisotopic (exact) mass is 113 g/mol. The summed E-state index contributed by atoms with van der Waals surface area (Å²) in [6.07, 6.45) is 1.77. The van der Waals surface area contributed by atoms with Crippen LogP contribution in [0.1, 0.15) is 19.8 Å². The number of carbonyl (C=O) groups excluding carboxylic acids is 1. The van der Waals surface area contributed by atoms with Crippen molar-refractivity contribution in [1.29, 1.82) is 0 Å². The Balaban J connectivity index is 3.55. The summed E-state index contributed by atoms with van der Waals surface area (Å²) in [7, 11) is 0. The highest BCUT2D eigenvalue weighted by molar-refractivity contribution is 5.52. The van der Waals surface area contributed by atoms with E-state index >= 15 is 0 Å². The molecule has 0 unspecified atom stereocenters. The lowest BCUT2D eigenvalue weighted by molar-refractivity contribution is 0.565. The van der Waals surface area contributed by atoms with Crippen molar-refractivity contribution in [3.05, 3.63) is 5.57 Å². The first-order valence-electron chi connectivity index (χ1n) is 2.78. The minimum absolute atomic E-state index is 0.358. The molecule has 0 atom stereocenters. The van der Waals surface area contributed by atoms with Gasteiger partial charge in [0.2, 0.25) is 0 Å². The van der Waals surface area contributed by atoms with Crippen molar-refractivity contribution in [3.8, 4) is 0 Å². The number of nitrogens with two attached hydrogens (primary N) is 1. The van der Waals surface area contributed by atoms with Crippen molar-refractivity contribution < 1.29 is 4.79 Å². The maximum Gasteiger partial charge on any atom is 0.124 e. The second-order valence-corrected chi connectivity index (χ2v) is 1.66. The summed E-state index contributed by atoms with van der Waals surface area (Å²) in [5, 5.41) is 0. The summed E-state index contributed by atoms with van der Waals surface area (Å²) in [6.45, 7) is 2.37. The molecule has 0 fully saturated rings. The van der Waals surface area contributed by atoms with Crippen LogP contribution in [0.4, 0.5) is 0 Å². The summed E-state index contributed by atoms with van der Waals surface area (Å²) in [5.41, 5.74) is 5.86. The third-order valence-electron chi connectivity index (χ3n) is 0.943. The molecule has 0 amide bonds. The molecule has 0 spiro atoms. The van der Waals surface area contributed by atoms with Gasteiger partial charge in [0, 0.05) is 12.1 Å². The molecule has 8 heavy (non-hydrogen) atoms. The Bertz CT molecular complexity index is 103. The van der Waals surface area contributed by atoms with E-state index in [2.05, 4.69) is 0 Å².